The Labute approximate surface area is 104 Å². The summed E-state index contributed by atoms with van der Waals surface area (Å²) in [6.45, 7) is 0. The molecule has 2 rings (SSSR count). The number of anilines is 1. The summed E-state index contributed by atoms with van der Waals surface area (Å²) in [4.78, 5) is 36.4. The van der Waals surface area contributed by atoms with Crippen molar-refractivity contribution in [3.05, 3.63) is 50.4 Å². The number of nitro benzene ring substituents is 1. The van der Waals surface area contributed by atoms with Crippen LogP contribution in [0, 0.1) is 10.1 Å². The highest BCUT2D eigenvalue weighted by atomic mass is 32.1. The average Bonchev–Trinajstić information content (AvgIpc) is 2.67. The predicted molar refractivity (Wildman–Crippen MR) is 63.6 cm³/mol. The first-order valence-corrected chi connectivity index (χ1v) is 5.41. The number of benzene rings is 1. The van der Waals surface area contributed by atoms with Gasteiger partial charge in [-0.3, -0.25) is 14.9 Å². The Morgan fingerprint density at radius 1 is 1.39 bits per heavy atom. The van der Waals surface area contributed by atoms with Gasteiger partial charge in [0, 0.05) is 17.7 Å². The molecule has 2 N–H and O–H groups in total. The highest BCUT2D eigenvalue weighted by Gasteiger charge is 2.15. The molecule has 0 unspecified atom stereocenters. The van der Waals surface area contributed by atoms with Crippen LogP contribution in [-0.4, -0.2) is 19.8 Å². The van der Waals surface area contributed by atoms with E-state index < -0.39 is 16.5 Å². The summed E-state index contributed by atoms with van der Waals surface area (Å²) in [5.74, 6) is -0.621. The van der Waals surface area contributed by atoms with Crippen LogP contribution >= 0.6 is 11.5 Å². The van der Waals surface area contributed by atoms with Crippen LogP contribution in [-0.2, 0) is 0 Å². The summed E-state index contributed by atoms with van der Waals surface area (Å²) in [5.41, 5.74) is 4.55. The lowest BCUT2D eigenvalue weighted by Crippen LogP contribution is -2.23. The number of hydrogen-bond acceptors (Lipinski definition) is 7. The molecule has 0 bridgehead atoms. The summed E-state index contributed by atoms with van der Waals surface area (Å²) in [6.07, 6.45) is 0. The van der Waals surface area contributed by atoms with E-state index in [9.17, 15) is 19.7 Å². The van der Waals surface area contributed by atoms with E-state index in [0.717, 1.165) is 3.96 Å². The summed E-state index contributed by atoms with van der Waals surface area (Å²) in [6, 6.07) is 4.90. The van der Waals surface area contributed by atoms with Gasteiger partial charge in [-0.15, -0.1) is 0 Å². The third-order valence-corrected chi connectivity index (χ3v) is 2.86. The molecule has 18 heavy (non-hydrogen) atoms. The van der Waals surface area contributed by atoms with Crippen molar-refractivity contribution in [2.45, 2.75) is 0 Å². The van der Waals surface area contributed by atoms with Gasteiger partial charge >= 0.3 is 5.69 Å². The molecular weight excluding hydrogens is 260 g/mol. The molecule has 9 heteroatoms. The lowest BCUT2D eigenvalue weighted by Gasteiger charge is -1.98. The Hall–Kier alpha value is -2.55. The Morgan fingerprint density at radius 2 is 2.00 bits per heavy atom. The maximum atomic E-state index is 11.9. The molecule has 92 valence electrons. The number of carbonyl (C=O) groups is 1. The van der Waals surface area contributed by atoms with Crippen molar-refractivity contribution in [2.24, 2.45) is 0 Å². The van der Waals surface area contributed by atoms with Gasteiger partial charge in [0.25, 0.3) is 11.6 Å². The van der Waals surface area contributed by atoms with E-state index in [2.05, 4.69) is 4.98 Å². The van der Waals surface area contributed by atoms with E-state index in [0.29, 0.717) is 11.5 Å². The van der Waals surface area contributed by atoms with Crippen LogP contribution in [0.4, 0.5) is 10.8 Å². The Morgan fingerprint density at radius 3 is 2.44 bits per heavy atom. The molecule has 8 nitrogen and oxygen atoms in total. The highest BCUT2D eigenvalue weighted by molar-refractivity contribution is 7.11. The standard InChI is InChI=1S/C9H6N4O4S/c10-8-11-9(15)12(18-8)7(14)5-1-3-6(4-2-5)13(16)17/h1-4H,(H2,10,11,15). The van der Waals surface area contributed by atoms with Crippen molar-refractivity contribution >= 4 is 28.3 Å². The largest absolute Gasteiger partial charge is 0.374 e. The first-order chi connectivity index (χ1) is 8.49. The number of carbonyl (C=O) groups excluding carboxylic acids is 1. The van der Waals surface area contributed by atoms with Crippen LogP contribution in [0.2, 0.25) is 0 Å². The fraction of sp³-hybridized carbons (Fsp3) is 0. The van der Waals surface area contributed by atoms with Gasteiger partial charge in [0.05, 0.1) is 4.92 Å². The minimum absolute atomic E-state index is 0.0183. The molecule has 0 aliphatic heterocycles. The maximum Gasteiger partial charge on any atom is 0.367 e. The second-order valence-corrected chi connectivity index (χ2v) is 4.19. The molecule has 0 saturated heterocycles. The van der Waals surface area contributed by atoms with E-state index in [-0.39, 0.29) is 16.4 Å². The molecule has 2 aromatic rings. The average molecular weight is 266 g/mol. The summed E-state index contributed by atoms with van der Waals surface area (Å²) < 4.78 is 0.788. The first kappa shape index (κ1) is 11.9. The molecule has 0 aliphatic carbocycles. The molecule has 1 aromatic carbocycles. The van der Waals surface area contributed by atoms with Gasteiger partial charge < -0.3 is 5.73 Å². The first-order valence-electron chi connectivity index (χ1n) is 4.64. The predicted octanol–water partition coefficient (Wildman–Crippen LogP) is 0.484. The van der Waals surface area contributed by atoms with Crippen LogP contribution in [0.1, 0.15) is 10.4 Å². The van der Waals surface area contributed by atoms with Crippen LogP contribution in [0.3, 0.4) is 0 Å². The van der Waals surface area contributed by atoms with Crippen molar-refractivity contribution in [1.82, 2.24) is 8.94 Å². The lowest BCUT2D eigenvalue weighted by atomic mass is 10.2. The number of non-ortho nitro benzene ring substituents is 1. The van der Waals surface area contributed by atoms with Crippen LogP contribution in [0.25, 0.3) is 0 Å². The summed E-state index contributed by atoms with van der Waals surface area (Å²) in [7, 11) is 0. The number of aromatic nitrogens is 2. The SMILES string of the molecule is Nc1nc(=O)n(C(=O)c2ccc([N+](=O)[O-])cc2)s1. The monoisotopic (exact) mass is 266 g/mol. The zero-order valence-electron chi connectivity index (χ0n) is 8.77. The van der Waals surface area contributed by atoms with Gasteiger partial charge in [0.2, 0.25) is 5.13 Å². The normalized spacial score (nSPS) is 10.2. The second-order valence-electron chi connectivity index (χ2n) is 3.23. The minimum atomic E-state index is -0.763. The molecule has 1 aromatic heterocycles. The van der Waals surface area contributed by atoms with Crippen LogP contribution in [0.15, 0.2) is 29.1 Å². The zero-order valence-corrected chi connectivity index (χ0v) is 9.59. The summed E-state index contributed by atoms with van der Waals surface area (Å²) in [5, 5.41) is 10.4. The smallest absolute Gasteiger partial charge is 0.367 e. The Kier molecular flexibility index (Phi) is 2.90. The molecule has 0 fully saturated rings. The molecule has 0 atom stereocenters. The van der Waals surface area contributed by atoms with Crippen molar-refractivity contribution in [2.75, 3.05) is 5.73 Å². The van der Waals surface area contributed by atoms with Gasteiger partial charge in [-0.1, -0.05) is 0 Å². The van der Waals surface area contributed by atoms with Crippen LogP contribution in [0.5, 0.6) is 0 Å². The van der Waals surface area contributed by atoms with Crippen molar-refractivity contribution in [3.63, 3.8) is 0 Å². The molecule has 0 spiro atoms. The van der Waals surface area contributed by atoms with Gasteiger partial charge in [-0.25, -0.2) is 4.79 Å². The molecule has 0 saturated carbocycles. The fourth-order valence-electron chi connectivity index (χ4n) is 1.26. The minimum Gasteiger partial charge on any atom is -0.374 e. The fourth-order valence-corrected chi connectivity index (χ4v) is 1.88. The number of hydrogen-bond donors (Lipinski definition) is 1. The number of nitro groups is 1. The van der Waals surface area contributed by atoms with E-state index in [1.807, 2.05) is 0 Å². The number of nitrogen functional groups attached to an aromatic ring is 1. The number of nitrogens with zero attached hydrogens (tertiary/aromatic N) is 3. The van der Waals surface area contributed by atoms with E-state index >= 15 is 0 Å². The van der Waals surface area contributed by atoms with Gasteiger partial charge in [0.1, 0.15) is 0 Å². The van der Waals surface area contributed by atoms with Gasteiger partial charge in [-0.2, -0.15) is 8.94 Å². The molecular formula is C9H6N4O4S. The third-order valence-electron chi connectivity index (χ3n) is 2.07. The highest BCUT2D eigenvalue weighted by Crippen LogP contribution is 2.13. The zero-order chi connectivity index (χ0) is 13.3. The molecule has 0 radical (unpaired) electrons. The van der Waals surface area contributed by atoms with Crippen molar-refractivity contribution in [1.29, 1.82) is 0 Å². The molecule has 0 amide bonds. The Bertz CT molecular complexity index is 673. The Balaban J connectivity index is 2.37. The van der Waals surface area contributed by atoms with Gasteiger partial charge in [0.15, 0.2) is 0 Å². The van der Waals surface area contributed by atoms with Crippen LogP contribution < -0.4 is 11.4 Å². The third kappa shape index (κ3) is 2.11. The summed E-state index contributed by atoms with van der Waals surface area (Å²) >= 11 is 0.715. The number of rotatable bonds is 2. The molecule has 0 aliphatic rings. The lowest BCUT2D eigenvalue weighted by molar-refractivity contribution is -0.384. The van der Waals surface area contributed by atoms with Crippen molar-refractivity contribution < 1.29 is 9.72 Å². The van der Waals surface area contributed by atoms with E-state index in [1.54, 1.807) is 0 Å². The number of nitrogens with two attached hydrogens (primary N) is 1. The quantitative estimate of drug-likeness (QED) is 0.623. The van der Waals surface area contributed by atoms with E-state index in [4.69, 9.17) is 5.73 Å². The molecule has 1 heterocycles. The topological polar surface area (TPSA) is 121 Å². The van der Waals surface area contributed by atoms with Gasteiger partial charge in [-0.05, 0) is 23.7 Å². The second kappa shape index (κ2) is 4.37. The maximum absolute atomic E-state index is 11.9. The van der Waals surface area contributed by atoms with Crippen molar-refractivity contribution in [3.8, 4) is 0 Å². The van der Waals surface area contributed by atoms with E-state index in [1.165, 1.54) is 24.3 Å².